The summed E-state index contributed by atoms with van der Waals surface area (Å²) < 4.78 is 28.0. The summed E-state index contributed by atoms with van der Waals surface area (Å²) in [5, 5.41) is 5.85. The maximum absolute atomic E-state index is 14.0. The van der Waals surface area contributed by atoms with Crippen molar-refractivity contribution in [1.82, 2.24) is 15.1 Å². The third-order valence-corrected chi connectivity index (χ3v) is 5.85. The van der Waals surface area contributed by atoms with Crippen molar-refractivity contribution in [2.75, 3.05) is 31.5 Å². The lowest BCUT2D eigenvalue weighted by Crippen LogP contribution is -2.52. The third-order valence-electron chi connectivity index (χ3n) is 5.60. The van der Waals surface area contributed by atoms with Crippen LogP contribution in [0.1, 0.15) is 30.6 Å². The lowest BCUT2D eigenvalue weighted by Gasteiger charge is -2.29. The highest BCUT2D eigenvalue weighted by molar-refractivity contribution is 6.30. The van der Waals surface area contributed by atoms with Crippen LogP contribution in [0.5, 0.6) is 0 Å². The molecule has 34 heavy (non-hydrogen) atoms. The number of nitrogens with zero attached hydrogens (tertiary/aromatic N) is 2. The average molecular weight is 493 g/mol. The predicted molar refractivity (Wildman–Crippen MR) is 126 cm³/mol. The fourth-order valence-electron chi connectivity index (χ4n) is 3.72. The molecule has 3 rings (SSSR count). The Morgan fingerprint density at radius 3 is 2.12 bits per heavy atom. The minimum absolute atomic E-state index is 0.264. The van der Waals surface area contributed by atoms with Gasteiger partial charge in [-0.15, -0.1) is 0 Å². The van der Waals surface area contributed by atoms with E-state index < -0.39 is 29.1 Å². The second-order valence-electron chi connectivity index (χ2n) is 8.39. The summed E-state index contributed by atoms with van der Waals surface area (Å²) in [7, 11) is 0. The molecular formula is C24H27ClF2N4O3. The number of hydrogen-bond donors (Lipinski definition) is 2. The minimum Gasteiger partial charge on any atom is -0.340 e. The molecule has 1 fully saturated rings. The van der Waals surface area contributed by atoms with Gasteiger partial charge in [0.05, 0.1) is 0 Å². The fraction of sp³-hybridized carbons (Fsp3) is 0.375. The quantitative estimate of drug-likeness (QED) is 0.658. The highest BCUT2D eigenvalue weighted by Crippen LogP contribution is 2.17. The molecule has 0 spiro atoms. The first-order chi connectivity index (χ1) is 16.2. The number of nitrogens with one attached hydrogen (secondary N) is 2. The SMILES string of the molecule is CC(C)[C@H](NC(=O)c1c(F)cccc1F)C(=O)N1CCCN(C(=O)Nc2ccc(Cl)cc2)CC1. The second-order valence-corrected chi connectivity index (χ2v) is 8.83. The Hall–Kier alpha value is -3.20. The number of carbonyl (C=O) groups is 3. The van der Waals surface area contributed by atoms with Crippen molar-refractivity contribution in [3.8, 4) is 0 Å². The Morgan fingerprint density at radius 2 is 1.50 bits per heavy atom. The van der Waals surface area contributed by atoms with Gasteiger partial charge in [-0.05, 0) is 48.7 Å². The summed E-state index contributed by atoms with van der Waals surface area (Å²) in [6, 6.07) is 8.62. The number of halogens is 3. The first-order valence-corrected chi connectivity index (χ1v) is 11.4. The van der Waals surface area contributed by atoms with Gasteiger partial charge in [-0.25, -0.2) is 13.6 Å². The second kappa shape index (κ2) is 11.3. The van der Waals surface area contributed by atoms with Gasteiger partial charge in [0.25, 0.3) is 5.91 Å². The lowest BCUT2D eigenvalue weighted by atomic mass is 10.0. The zero-order valence-electron chi connectivity index (χ0n) is 19.0. The molecule has 1 atom stereocenters. The van der Waals surface area contributed by atoms with Crippen LogP contribution in [0.15, 0.2) is 42.5 Å². The molecular weight excluding hydrogens is 466 g/mol. The van der Waals surface area contributed by atoms with E-state index in [1.165, 1.54) is 6.07 Å². The fourth-order valence-corrected chi connectivity index (χ4v) is 3.84. The van der Waals surface area contributed by atoms with E-state index in [1.807, 2.05) is 0 Å². The van der Waals surface area contributed by atoms with E-state index in [-0.39, 0.29) is 24.4 Å². The molecule has 1 aliphatic rings. The number of urea groups is 1. The summed E-state index contributed by atoms with van der Waals surface area (Å²) in [5.41, 5.74) is -0.114. The molecule has 1 saturated heterocycles. The molecule has 0 aliphatic carbocycles. The van der Waals surface area contributed by atoms with E-state index in [0.717, 1.165) is 12.1 Å². The predicted octanol–water partition coefficient (Wildman–Crippen LogP) is 4.14. The molecule has 2 N–H and O–H groups in total. The molecule has 1 heterocycles. The maximum Gasteiger partial charge on any atom is 0.321 e. The van der Waals surface area contributed by atoms with E-state index in [1.54, 1.807) is 47.9 Å². The molecule has 0 radical (unpaired) electrons. The summed E-state index contributed by atoms with van der Waals surface area (Å²) >= 11 is 5.87. The molecule has 10 heteroatoms. The van der Waals surface area contributed by atoms with Crippen molar-refractivity contribution in [3.05, 3.63) is 64.7 Å². The van der Waals surface area contributed by atoms with Crippen LogP contribution < -0.4 is 10.6 Å². The molecule has 1 aliphatic heterocycles. The first kappa shape index (κ1) is 25.4. The van der Waals surface area contributed by atoms with Crippen molar-refractivity contribution in [3.63, 3.8) is 0 Å². The Bertz CT molecular complexity index is 1030. The van der Waals surface area contributed by atoms with E-state index in [4.69, 9.17) is 11.6 Å². The van der Waals surface area contributed by atoms with Gasteiger partial charge in [0, 0.05) is 36.9 Å². The monoisotopic (exact) mass is 492 g/mol. The molecule has 0 aromatic heterocycles. The van der Waals surface area contributed by atoms with E-state index in [9.17, 15) is 23.2 Å². The van der Waals surface area contributed by atoms with Gasteiger partial charge in [0.15, 0.2) is 0 Å². The largest absolute Gasteiger partial charge is 0.340 e. The van der Waals surface area contributed by atoms with Gasteiger partial charge in [0.1, 0.15) is 23.2 Å². The minimum atomic E-state index is -0.996. The van der Waals surface area contributed by atoms with E-state index >= 15 is 0 Å². The van der Waals surface area contributed by atoms with Crippen LogP contribution in [-0.2, 0) is 4.79 Å². The van der Waals surface area contributed by atoms with E-state index in [2.05, 4.69) is 10.6 Å². The van der Waals surface area contributed by atoms with Crippen molar-refractivity contribution in [2.45, 2.75) is 26.3 Å². The Labute approximate surface area is 202 Å². The van der Waals surface area contributed by atoms with Gasteiger partial charge < -0.3 is 20.4 Å². The number of hydrogen-bond acceptors (Lipinski definition) is 3. The van der Waals surface area contributed by atoms with Crippen LogP contribution in [-0.4, -0.2) is 59.9 Å². The zero-order valence-corrected chi connectivity index (χ0v) is 19.7. The maximum atomic E-state index is 14.0. The average Bonchev–Trinajstić information content (AvgIpc) is 3.05. The van der Waals surface area contributed by atoms with Crippen LogP contribution in [0.2, 0.25) is 5.02 Å². The van der Waals surface area contributed by atoms with Crippen molar-refractivity contribution < 1.29 is 23.2 Å². The van der Waals surface area contributed by atoms with Gasteiger partial charge >= 0.3 is 6.03 Å². The van der Waals surface area contributed by atoms with Crippen molar-refractivity contribution in [1.29, 1.82) is 0 Å². The Morgan fingerprint density at radius 1 is 0.912 bits per heavy atom. The van der Waals surface area contributed by atoms with Crippen LogP contribution in [0.4, 0.5) is 19.3 Å². The molecule has 4 amide bonds. The summed E-state index contributed by atoms with van der Waals surface area (Å²) in [4.78, 5) is 41.6. The smallest absolute Gasteiger partial charge is 0.321 e. The standard InChI is InChI=1S/C24H27ClF2N4O3/c1-15(2)21(29-22(32)20-18(26)5-3-6-19(20)27)23(33)30-11-4-12-31(14-13-30)24(34)28-17-9-7-16(25)8-10-17/h3,5-10,15,21H,4,11-14H2,1-2H3,(H,28,34)(H,29,32)/t21-/m0/s1. The summed E-state index contributed by atoms with van der Waals surface area (Å²) in [6.07, 6.45) is 0.542. The van der Waals surface area contributed by atoms with Gasteiger partial charge in [0.2, 0.25) is 5.91 Å². The zero-order chi connectivity index (χ0) is 24.8. The summed E-state index contributed by atoms with van der Waals surface area (Å²) in [6.45, 7) is 4.87. The molecule has 7 nitrogen and oxygen atoms in total. The van der Waals surface area contributed by atoms with Gasteiger partial charge in [-0.3, -0.25) is 9.59 Å². The topological polar surface area (TPSA) is 81.8 Å². The molecule has 0 bridgehead atoms. The van der Waals surface area contributed by atoms with Crippen LogP contribution >= 0.6 is 11.6 Å². The van der Waals surface area contributed by atoms with Crippen LogP contribution in [0, 0.1) is 17.6 Å². The van der Waals surface area contributed by atoms with Crippen LogP contribution in [0.3, 0.4) is 0 Å². The highest BCUT2D eigenvalue weighted by Gasteiger charge is 2.32. The number of carbonyl (C=O) groups excluding carboxylic acids is 3. The Kier molecular flexibility index (Phi) is 8.44. The third kappa shape index (κ3) is 6.22. The molecule has 0 saturated carbocycles. The van der Waals surface area contributed by atoms with Gasteiger partial charge in [-0.2, -0.15) is 0 Å². The number of amides is 4. The molecule has 182 valence electrons. The highest BCUT2D eigenvalue weighted by atomic mass is 35.5. The van der Waals surface area contributed by atoms with Crippen LogP contribution in [0.25, 0.3) is 0 Å². The first-order valence-electron chi connectivity index (χ1n) is 11.0. The van der Waals surface area contributed by atoms with Crippen molar-refractivity contribution in [2.24, 2.45) is 5.92 Å². The summed E-state index contributed by atoms with van der Waals surface area (Å²) in [5.74, 6) is -3.66. The molecule has 2 aromatic rings. The lowest BCUT2D eigenvalue weighted by molar-refractivity contribution is -0.134. The van der Waals surface area contributed by atoms with Crippen molar-refractivity contribution >= 4 is 35.1 Å². The Balaban J connectivity index is 1.63. The molecule has 2 aromatic carbocycles. The van der Waals surface area contributed by atoms with Gasteiger partial charge in [-0.1, -0.05) is 31.5 Å². The number of rotatable bonds is 5. The number of anilines is 1. The normalized spacial score (nSPS) is 15.0. The molecule has 0 unspecified atom stereocenters. The number of benzene rings is 2. The van der Waals surface area contributed by atoms with E-state index in [0.29, 0.717) is 36.8 Å².